The van der Waals surface area contributed by atoms with Crippen LogP contribution < -0.4 is 5.32 Å². The van der Waals surface area contributed by atoms with Gasteiger partial charge in [-0.1, -0.05) is 41.7 Å². The van der Waals surface area contributed by atoms with Crippen molar-refractivity contribution in [3.63, 3.8) is 0 Å². The number of ether oxygens (including phenoxy) is 1. The van der Waals surface area contributed by atoms with Gasteiger partial charge in [0.1, 0.15) is 4.88 Å². The molecule has 6 heteroatoms. The van der Waals surface area contributed by atoms with E-state index in [4.69, 9.17) is 4.74 Å². The molecule has 1 aromatic carbocycles. The molecule has 0 radical (unpaired) electrons. The first-order valence-corrected chi connectivity index (χ1v) is 8.42. The van der Waals surface area contributed by atoms with Gasteiger partial charge in [-0.2, -0.15) is 0 Å². The second-order valence-corrected chi connectivity index (χ2v) is 6.50. The summed E-state index contributed by atoms with van der Waals surface area (Å²) in [6.07, 6.45) is 0.852. The third-order valence-corrected chi connectivity index (χ3v) is 4.90. The molecule has 23 heavy (non-hydrogen) atoms. The van der Waals surface area contributed by atoms with Crippen molar-refractivity contribution in [2.45, 2.75) is 26.2 Å². The fraction of sp³-hybridized carbons (Fsp3) is 0.353. The van der Waals surface area contributed by atoms with E-state index in [1.807, 2.05) is 30.3 Å². The lowest BCUT2D eigenvalue weighted by Crippen LogP contribution is -2.14. The zero-order valence-electron chi connectivity index (χ0n) is 13.0. The molecule has 5 nitrogen and oxygen atoms in total. The standard InChI is InChI=1S/C17H18N2O3S/c1-3-22-16(21)14-10(2)18-17(23-14)19-15(20)13-9-12(13)11-7-5-4-6-8-11/h4-8,12-13H,3,9H2,1-2H3,(H,18,19,20)/t12-,13+/m0/s1. The molecule has 1 aliphatic carbocycles. The number of amides is 1. The van der Waals surface area contributed by atoms with Crippen LogP contribution in [0.15, 0.2) is 30.3 Å². The number of anilines is 1. The summed E-state index contributed by atoms with van der Waals surface area (Å²) >= 11 is 1.16. The van der Waals surface area contributed by atoms with Crippen molar-refractivity contribution in [2.24, 2.45) is 5.92 Å². The molecule has 3 rings (SSSR count). The highest BCUT2D eigenvalue weighted by atomic mass is 32.1. The van der Waals surface area contributed by atoms with E-state index in [0.29, 0.717) is 22.3 Å². The second-order valence-electron chi connectivity index (χ2n) is 5.50. The highest BCUT2D eigenvalue weighted by Gasteiger charge is 2.44. The van der Waals surface area contributed by atoms with Crippen LogP contribution in [0.5, 0.6) is 0 Å². The number of aromatic nitrogens is 1. The predicted octanol–water partition coefficient (Wildman–Crippen LogP) is 3.37. The van der Waals surface area contributed by atoms with Gasteiger partial charge >= 0.3 is 5.97 Å². The molecule has 1 aromatic heterocycles. The van der Waals surface area contributed by atoms with Gasteiger partial charge in [0.25, 0.3) is 0 Å². The minimum Gasteiger partial charge on any atom is -0.462 e. The summed E-state index contributed by atoms with van der Waals surface area (Å²) in [6.45, 7) is 3.81. The minimum absolute atomic E-state index is 0.0207. The van der Waals surface area contributed by atoms with Crippen molar-refractivity contribution < 1.29 is 14.3 Å². The van der Waals surface area contributed by atoms with Crippen molar-refractivity contribution in [3.8, 4) is 0 Å². The van der Waals surface area contributed by atoms with E-state index in [9.17, 15) is 9.59 Å². The summed E-state index contributed by atoms with van der Waals surface area (Å²) in [5.41, 5.74) is 1.77. The molecule has 1 heterocycles. The lowest BCUT2D eigenvalue weighted by molar-refractivity contribution is -0.117. The predicted molar refractivity (Wildman–Crippen MR) is 88.7 cm³/mol. The molecule has 2 atom stereocenters. The van der Waals surface area contributed by atoms with Gasteiger partial charge in [-0.3, -0.25) is 4.79 Å². The lowest BCUT2D eigenvalue weighted by atomic mass is 10.1. The molecule has 0 saturated heterocycles. The molecule has 1 N–H and O–H groups in total. The number of aryl methyl sites for hydroxylation is 1. The Morgan fingerprint density at radius 1 is 1.35 bits per heavy atom. The second kappa shape index (κ2) is 6.50. The van der Waals surface area contributed by atoms with Gasteiger partial charge in [-0.15, -0.1) is 0 Å². The van der Waals surface area contributed by atoms with Crippen LogP contribution >= 0.6 is 11.3 Å². The van der Waals surface area contributed by atoms with Crippen LogP contribution in [0, 0.1) is 12.8 Å². The van der Waals surface area contributed by atoms with Crippen LogP contribution in [0.1, 0.15) is 40.2 Å². The number of carbonyl (C=O) groups excluding carboxylic acids is 2. The fourth-order valence-electron chi connectivity index (χ4n) is 2.59. The fourth-order valence-corrected chi connectivity index (χ4v) is 3.45. The maximum Gasteiger partial charge on any atom is 0.350 e. The Hall–Kier alpha value is -2.21. The number of benzene rings is 1. The molecule has 0 bridgehead atoms. The van der Waals surface area contributed by atoms with Gasteiger partial charge in [0.05, 0.1) is 12.3 Å². The van der Waals surface area contributed by atoms with Gasteiger partial charge in [0.15, 0.2) is 5.13 Å². The van der Waals surface area contributed by atoms with E-state index in [2.05, 4.69) is 10.3 Å². The topological polar surface area (TPSA) is 68.3 Å². The van der Waals surface area contributed by atoms with E-state index >= 15 is 0 Å². The number of hydrogen-bond donors (Lipinski definition) is 1. The van der Waals surface area contributed by atoms with E-state index in [-0.39, 0.29) is 17.7 Å². The molecule has 0 spiro atoms. The number of nitrogens with one attached hydrogen (secondary N) is 1. The Morgan fingerprint density at radius 3 is 2.78 bits per heavy atom. The Labute approximate surface area is 138 Å². The molecule has 120 valence electrons. The van der Waals surface area contributed by atoms with Crippen molar-refractivity contribution in [1.82, 2.24) is 4.98 Å². The average Bonchev–Trinajstić information content (AvgIpc) is 3.26. The molecular weight excluding hydrogens is 312 g/mol. The Morgan fingerprint density at radius 2 is 2.09 bits per heavy atom. The highest BCUT2D eigenvalue weighted by molar-refractivity contribution is 7.17. The normalized spacial score (nSPS) is 19.2. The molecule has 0 aliphatic heterocycles. The lowest BCUT2D eigenvalue weighted by Gasteiger charge is -2.01. The van der Waals surface area contributed by atoms with Crippen LogP contribution in [0.2, 0.25) is 0 Å². The van der Waals surface area contributed by atoms with Gasteiger partial charge in [0.2, 0.25) is 5.91 Å². The van der Waals surface area contributed by atoms with Crippen molar-refractivity contribution in [3.05, 3.63) is 46.5 Å². The van der Waals surface area contributed by atoms with Crippen LogP contribution in [-0.4, -0.2) is 23.5 Å². The zero-order valence-corrected chi connectivity index (χ0v) is 13.9. The third kappa shape index (κ3) is 3.42. The maximum absolute atomic E-state index is 12.3. The number of hydrogen-bond acceptors (Lipinski definition) is 5. The molecule has 1 amide bonds. The Kier molecular flexibility index (Phi) is 4.43. The molecular formula is C17H18N2O3S. The van der Waals surface area contributed by atoms with E-state index in [0.717, 1.165) is 17.8 Å². The molecule has 1 aliphatic rings. The van der Waals surface area contributed by atoms with Crippen LogP contribution in [-0.2, 0) is 9.53 Å². The smallest absolute Gasteiger partial charge is 0.350 e. The molecule has 1 saturated carbocycles. The van der Waals surface area contributed by atoms with E-state index < -0.39 is 5.97 Å². The number of thiazole rings is 1. The van der Waals surface area contributed by atoms with E-state index in [1.54, 1.807) is 13.8 Å². The van der Waals surface area contributed by atoms with E-state index in [1.165, 1.54) is 5.56 Å². The molecule has 0 unspecified atom stereocenters. The molecule has 2 aromatic rings. The first kappa shape index (κ1) is 15.7. The summed E-state index contributed by atoms with van der Waals surface area (Å²) in [7, 11) is 0. The summed E-state index contributed by atoms with van der Waals surface area (Å²) in [4.78, 5) is 28.8. The number of nitrogens with zero attached hydrogens (tertiary/aromatic N) is 1. The zero-order chi connectivity index (χ0) is 16.4. The van der Waals surface area contributed by atoms with Gasteiger partial charge in [-0.05, 0) is 31.7 Å². The number of esters is 1. The van der Waals surface area contributed by atoms with Gasteiger partial charge < -0.3 is 10.1 Å². The minimum atomic E-state index is -0.392. The van der Waals surface area contributed by atoms with Gasteiger partial charge in [0, 0.05) is 5.92 Å². The SMILES string of the molecule is CCOC(=O)c1sc(NC(=O)[C@@H]2C[C@H]2c2ccccc2)nc1C. The number of carbonyl (C=O) groups is 2. The Balaban J connectivity index is 1.63. The quantitative estimate of drug-likeness (QED) is 0.854. The summed E-state index contributed by atoms with van der Waals surface area (Å²) < 4.78 is 4.98. The maximum atomic E-state index is 12.3. The highest BCUT2D eigenvalue weighted by Crippen LogP contribution is 2.48. The monoisotopic (exact) mass is 330 g/mol. The average molecular weight is 330 g/mol. The molecule has 1 fully saturated rings. The van der Waals surface area contributed by atoms with Crippen molar-refractivity contribution >= 4 is 28.3 Å². The number of rotatable bonds is 5. The summed E-state index contributed by atoms with van der Waals surface area (Å²) in [5, 5.41) is 3.28. The first-order chi connectivity index (χ1) is 11.1. The Bertz CT molecular complexity index is 727. The van der Waals surface area contributed by atoms with Gasteiger partial charge in [-0.25, -0.2) is 9.78 Å². The van der Waals surface area contributed by atoms with Crippen LogP contribution in [0.4, 0.5) is 5.13 Å². The summed E-state index contributed by atoms with van der Waals surface area (Å²) in [5.74, 6) is -0.172. The van der Waals surface area contributed by atoms with Crippen molar-refractivity contribution in [2.75, 3.05) is 11.9 Å². The third-order valence-electron chi connectivity index (χ3n) is 3.84. The summed E-state index contributed by atoms with van der Waals surface area (Å²) in [6, 6.07) is 10.0. The van der Waals surface area contributed by atoms with Crippen LogP contribution in [0.25, 0.3) is 0 Å². The van der Waals surface area contributed by atoms with Crippen LogP contribution in [0.3, 0.4) is 0 Å². The first-order valence-electron chi connectivity index (χ1n) is 7.60. The largest absolute Gasteiger partial charge is 0.462 e. The van der Waals surface area contributed by atoms with Crippen molar-refractivity contribution in [1.29, 1.82) is 0 Å².